The van der Waals surface area contributed by atoms with Crippen molar-refractivity contribution in [2.45, 2.75) is 0 Å². The molecule has 2 nitrogen and oxygen atoms in total. The summed E-state index contributed by atoms with van der Waals surface area (Å²) in [5.41, 5.74) is 2.08. The summed E-state index contributed by atoms with van der Waals surface area (Å²) in [5.74, 6) is 0. The first-order chi connectivity index (χ1) is 8.25. The van der Waals surface area contributed by atoms with Gasteiger partial charge in [-0.25, -0.2) is 0 Å². The molecular weight excluding hydrogens is 232 g/mol. The van der Waals surface area contributed by atoms with Gasteiger partial charge in [0.25, 0.3) is 0 Å². The lowest BCUT2D eigenvalue weighted by Gasteiger charge is -2.12. The van der Waals surface area contributed by atoms with E-state index in [2.05, 4.69) is 5.10 Å². The van der Waals surface area contributed by atoms with Crippen molar-refractivity contribution < 1.29 is 0 Å². The first-order valence-electron chi connectivity index (χ1n) is 5.34. The second-order valence-corrected chi connectivity index (χ2v) is 4.09. The van der Waals surface area contributed by atoms with Gasteiger partial charge in [-0.05, 0) is 29.8 Å². The number of benzene rings is 2. The maximum atomic E-state index is 5.83. The van der Waals surface area contributed by atoms with E-state index >= 15 is 0 Å². The molecule has 0 aliphatic rings. The number of nitrogens with zero attached hydrogens (tertiary/aromatic N) is 2. The SMILES string of the molecule is CN(/N=C/c1ccccc1)c1ccc(Cl)cc1. The number of hydrogen-bond donors (Lipinski definition) is 0. The van der Waals surface area contributed by atoms with Crippen LogP contribution in [0.1, 0.15) is 5.56 Å². The lowest BCUT2D eigenvalue weighted by Crippen LogP contribution is -2.08. The smallest absolute Gasteiger partial charge is 0.0591 e. The standard InChI is InChI=1S/C14H13ClN2/c1-17(14-9-7-13(15)8-10-14)16-11-12-5-3-2-4-6-12/h2-11H,1H3/b16-11+. The van der Waals surface area contributed by atoms with Crippen LogP contribution in [-0.2, 0) is 0 Å². The van der Waals surface area contributed by atoms with Gasteiger partial charge in [0.2, 0.25) is 0 Å². The van der Waals surface area contributed by atoms with Crippen molar-refractivity contribution in [2.75, 3.05) is 12.1 Å². The number of hydrogen-bond acceptors (Lipinski definition) is 2. The minimum absolute atomic E-state index is 0.731. The van der Waals surface area contributed by atoms with Crippen LogP contribution in [0.5, 0.6) is 0 Å². The van der Waals surface area contributed by atoms with Crippen molar-refractivity contribution in [1.82, 2.24) is 0 Å². The summed E-state index contributed by atoms with van der Waals surface area (Å²) in [5, 5.41) is 6.90. The van der Waals surface area contributed by atoms with E-state index in [9.17, 15) is 0 Å². The van der Waals surface area contributed by atoms with E-state index < -0.39 is 0 Å². The molecule has 0 heterocycles. The maximum absolute atomic E-state index is 5.83. The summed E-state index contributed by atoms with van der Waals surface area (Å²) >= 11 is 5.83. The van der Waals surface area contributed by atoms with Crippen LogP contribution in [0, 0.1) is 0 Å². The molecule has 0 radical (unpaired) electrons. The van der Waals surface area contributed by atoms with Gasteiger partial charge in [-0.15, -0.1) is 0 Å². The lowest BCUT2D eigenvalue weighted by atomic mass is 10.2. The Balaban J connectivity index is 2.09. The zero-order chi connectivity index (χ0) is 12.1. The molecule has 0 saturated carbocycles. The quantitative estimate of drug-likeness (QED) is 0.592. The maximum Gasteiger partial charge on any atom is 0.0591 e. The second-order valence-electron chi connectivity index (χ2n) is 3.66. The summed E-state index contributed by atoms with van der Waals surface area (Å²) in [4.78, 5) is 0. The molecule has 2 aromatic carbocycles. The van der Waals surface area contributed by atoms with Crippen molar-refractivity contribution in [3.8, 4) is 0 Å². The fourth-order valence-corrected chi connectivity index (χ4v) is 1.54. The number of anilines is 1. The predicted molar refractivity (Wildman–Crippen MR) is 73.9 cm³/mol. The number of hydrazone groups is 1. The molecule has 0 bridgehead atoms. The molecule has 0 aliphatic heterocycles. The minimum atomic E-state index is 0.731. The first-order valence-corrected chi connectivity index (χ1v) is 5.72. The van der Waals surface area contributed by atoms with Gasteiger partial charge in [0, 0.05) is 12.1 Å². The van der Waals surface area contributed by atoms with E-state index in [1.54, 1.807) is 0 Å². The van der Waals surface area contributed by atoms with Crippen LogP contribution in [0.25, 0.3) is 0 Å². The molecule has 17 heavy (non-hydrogen) atoms. The summed E-state index contributed by atoms with van der Waals surface area (Å²) in [6, 6.07) is 17.6. The van der Waals surface area contributed by atoms with Crippen LogP contribution in [0.2, 0.25) is 5.02 Å². The van der Waals surface area contributed by atoms with Crippen LogP contribution < -0.4 is 5.01 Å². The Morgan fingerprint density at radius 1 is 1.00 bits per heavy atom. The zero-order valence-electron chi connectivity index (χ0n) is 9.55. The molecule has 0 aliphatic carbocycles. The molecule has 0 atom stereocenters. The Morgan fingerprint density at radius 2 is 1.65 bits per heavy atom. The minimum Gasteiger partial charge on any atom is -0.269 e. The molecular formula is C14H13ClN2. The summed E-state index contributed by atoms with van der Waals surface area (Å²) in [7, 11) is 1.91. The average Bonchev–Trinajstić information content (AvgIpc) is 2.38. The Morgan fingerprint density at radius 3 is 2.29 bits per heavy atom. The van der Waals surface area contributed by atoms with E-state index in [0.717, 1.165) is 16.3 Å². The molecule has 0 saturated heterocycles. The van der Waals surface area contributed by atoms with Crippen molar-refractivity contribution in [3.63, 3.8) is 0 Å². The molecule has 0 unspecified atom stereocenters. The Kier molecular flexibility index (Phi) is 3.78. The van der Waals surface area contributed by atoms with Crippen molar-refractivity contribution in [3.05, 3.63) is 65.2 Å². The van der Waals surface area contributed by atoms with Crippen LogP contribution >= 0.6 is 11.6 Å². The number of rotatable bonds is 3. The Hall–Kier alpha value is -1.80. The molecule has 0 amide bonds. The third-order valence-electron chi connectivity index (χ3n) is 2.38. The fraction of sp³-hybridized carbons (Fsp3) is 0.0714. The first kappa shape index (κ1) is 11.7. The normalized spacial score (nSPS) is 10.7. The summed E-state index contributed by atoms with van der Waals surface area (Å²) in [6.07, 6.45) is 1.83. The van der Waals surface area contributed by atoms with Gasteiger partial charge in [0.15, 0.2) is 0 Å². The molecule has 0 N–H and O–H groups in total. The van der Waals surface area contributed by atoms with Gasteiger partial charge in [0.1, 0.15) is 0 Å². The van der Waals surface area contributed by atoms with E-state index in [1.165, 1.54) is 0 Å². The van der Waals surface area contributed by atoms with Crippen LogP contribution in [0.3, 0.4) is 0 Å². The van der Waals surface area contributed by atoms with Crippen molar-refractivity contribution in [1.29, 1.82) is 0 Å². The zero-order valence-corrected chi connectivity index (χ0v) is 10.3. The van der Waals surface area contributed by atoms with Gasteiger partial charge < -0.3 is 0 Å². The van der Waals surface area contributed by atoms with E-state index in [4.69, 9.17) is 11.6 Å². The van der Waals surface area contributed by atoms with Gasteiger partial charge in [-0.2, -0.15) is 5.10 Å². The van der Waals surface area contributed by atoms with Crippen LogP contribution in [-0.4, -0.2) is 13.3 Å². The van der Waals surface area contributed by atoms with Gasteiger partial charge >= 0.3 is 0 Å². The third kappa shape index (κ3) is 3.33. The fourth-order valence-electron chi connectivity index (χ4n) is 1.42. The molecule has 0 aromatic heterocycles. The van der Waals surface area contributed by atoms with E-state index in [1.807, 2.05) is 72.9 Å². The molecule has 2 rings (SSSR count). The predicted octanol–water partition coefficient (Wildman–Crippen LogP) is 3.81. The number of halogens is 1. The van der Waals surface area contributed by atoms with E-state index in [0.29, 0.717) is 0 Å². The highest BCUT2D eigenvalue weighted by Crippen LogP contribution is 2.16. The van der Waals surface area contributed by atoms with Crippen molar-refractivity contribution in [2.24, 2.45) is 5.10 Å². The highest BCUT2D eigenvalue weighted by molar-refractivity contribution is 6.30. The molecule has 3 heteroatoms. The molecule has 0 spiro atoms. The second kappa shape index (κ2) is 5.51. The summed E-state index contributed by atoms with van der Waals surface area (Å²) in [6.45, 7) is 0. The van der Waals surface area contributed by atoms with Gasteiger partial charge in [-0.3, -0.25) is 5.01 Å². The third-order valence-corrected chi connectivity index (χ3v) is 2.63. The monoisotopic (exact) mass is 244 g/mol. The summed E-state index contributed by atoms with van der Waals surface area (Å²) < 4.78 is 0. The highest BCUT2D eigenvalue weighted by Gasteiger charge is 1.97. The van der Waals surface area contributed by atoms with Crippen molar-refractivity contribution >= 4 is 23.5 Å². The highest BCUT2D eigenvalue weighted by atomic mass is 35.5. The average molecular weight is 245 g/mol. The topological polar surface area (TPSA) is 15.6 Å². The lowest BCUT2D eigenvalue weighted by molar-refractivity contribution is 1.02. The van der Waals surface area contributed by atoms with Gasteiger partial charge in [-0.1, -0.05) is 41.9 Å². The van der Waals surface area contributed by atoms with Gasteiger partial charge in [0.05, 0.1) is 11.9 Å². The Labute approximate surface area is 106 Å². The molecule has 0 fully saturated rings. The molecule has 2 aromatic rings. The van der Waals surface area contributed by atoms with Crippen LogP contribution in [0.15, 0.2) is 59.7 Å². The van der Waals surface area contributed by atoms with E-state index in [-0.39, 0.29) is 0 Å². The Bertz CT molecular complexity index is 491. The largest absolute Gasteiger partial charge is 0.269 e. The van der Waals surface area contributed by atoms with Crippen LogP contribution in [0.4, 0.5) is 5.69 Å². The molecule has 86 valence electrons.